The Morgan fingerprint density at radius 2 is 1.90 bits per heavy atom. The van der Waals surface area contributed by atoms with Gasteiger partial charge >= 0.3 is 0 Å². The van der Waals surface area contributed by atoms with Crippen LogP contribution in [0.5, 0.6) is 17.4 Å². The highest BCUT2D eigenvalue weighted by Gasteiger charge is 2.11. The maximum absolute atomic E-state index is 12.2. The summed E-state index contributed by atoms with van der Waals surface area (Å²) in [6.07, 6.45) is 1.59. The summed E-state index contributed by atoms with van der Waals surface area (Å²) in [5.41, 5.74) is 0.849. The number of carbonyl (C=O) groups is 1. The zero-order valence-electron chi connectivity index (χ0n) is 15.7. The first-order valence-corrected chi connectivity index (χ1v) is 8.94. The van der Waals surface area contributed by atoms with Crippen molar-refractivity contribution in [2.45, 2.75) is 13.5 Å². The molecular weight excluding hydrogens is 374 g/mol. The van der Waals surface area contributed by atoms with Gasteiger partial charge in [0.2, 0.25) is 5.88 Å². The van der Waals surface area contributed by atoms with E-state index in [9.17, 15) is 14.9 Å². The third kappa shape index (κ3) is 5.29. The average molecular weight is 393 g/mol. The smallest absolute Gasteiger partial charge is 0.270 e. The summed E-state index contributed by atoms with van der Waals surface area (Å²) in [4.78, 5) is 26.7. The van der Waals surface area contributed by atoms with Crippen LogP contribution in [0, 0.1) is 10.1 Å². The molecule has 0 saturated carbocycles. The lowest BCUT2D eigenvalue weighted by molar-refractivity contribution is -0.384. The molecule has 3 aromatic rings. The van der Waals surface area contributed by atoms with Crippen LogP contribution >= 0.6 is 0 Å². The zero-order chi connectivity index (χ0) is 20.6. The molecule has 0 fully saturated rings. The fraction of sp³-hybridized carbons (Fsp3) is 0.143. The number of benzene rings is 2. The van der Waals surface area contributed by atoms with E-state index in [2.05, 4.69) is 10.3 Å². The number of nitro benzene ring substituents is 1. The molecule has 8 nitrogen and oxygen atoms in total. The van der Waals surface area contributed by atoms with Crippen LogP contribution in [0.2, 0.25) is 0 Å². The number of hydrogen-bond donors (Lipinski definition) is 1. The summed E-state index contributed by atoms with van der Waals surface area (Å²) >= 11 is 0. The Morgan fingerprint density at radius 3 is 2.59 bits per heavy atom. The number of ether oxygens (including phenoxy) is 2. The maximum Gasteiger partial charge on any atom is 0.270 e. The summed E-state index contributed by atoms with van der Waals surface area (Å²) in [6, 6.07) is 16.3. The van der Waals surface area contributed by atoms with E-state index in [1.807, 2.05) is 25.1 Å². The minimum atomic E-state index is -0.539. The summed E-state index contributed by atoms with van der Waals surface area (Å²) in [7, 11) is 0. The summed E-state index contributed by atoms with van der Waals surface area (Å²) in [5, 5.41) is 13.5. The number of nitrogens with one attached hydrogen (secondary N) is 1. The van der Waals surface area contributed by atoms with Crippen LogP contribution in [0.25, 0.3) is 0 Å². The summed E-state index contributed by atoms with van der Waals surface area (Å²) in [6.45, 7) is 2.65. The van der Waals surface area contributed by atoms with Crippen LogP contribution in [0.1, 0.15) is 22.8 Å². The molecule has 148 valence electrons. The van der Waals surface area contributed by atoms with Gasteiger partial charge in [-0.05, 0) is 30.7 Å². The number of carbonyl (C=O) groups excluding carboxylic acids is 1. The molecule has 0 unspecified atom stereocenters. The monoisotopic (exact) mass is 393 g/mol. The number of pyridine rings is 1. The molecule has 0 bridgehead atoms. The van der Waals surface area contributed by atoms with E-state index in [-0.39, 0.29) is 17.8 Å². The molecule has 0 aliphatic heterocycles. The molecule has 0 aliphatic rings. The van der Waals surface area contributed by atoms with Crippen LogP contribution in [0.3, 0.4) is 0 Å². The Hall–Kier alpha value is -3.94. The van der Waals surface area contributed by atoms with Gasteiger partial charge in [0, 0.05) is 36.5 Å². The van der Waals surface area contributed by atoms with Crippen molar-refractivity contribution in [2.24, 2.45) is 0 Å². The quantitative estimate of drug-likeness (QED) is 0.456. The third-order valence-corrected chi connectivity index (χ3v) is 3.93. The molecule has 0 atom stereocenters. The molecule has 29 heavy (non-hydrogen) atoms. The molecule has 0 saturated heterocycles. The van der Waals surface area contributed by atoms with Gasteiger partial charge in [0.25, 0.3) is 11.6 Å². The Balaban J connectivity index is 1.60. The fourth-order valence-corrected chi connectivity index (χ4v) is 2.54. The number of non-ortho nitro benzene ring substituents is 1. The molecule has 1 amide bonds. The fourth-order valence-electron chi connectivity index (χ4n) is 2.54. The van der Waals surface area contributed by atoms with Crippen molar-refractivity contribution in [3.8, 4) is 17.4 Å². The first-order valence-electron chi connectivity index (χ1n) is 8.94. The number of para-hydroxylation sites is 2. The van der Waals surface area contributed by atoms with E-state index in [4.69, 9.17) is 9.47 Å². The van der Waals surface area contributed by atoms with Gasteiger partial charge in [-0.25, -0.2) is 4.98 Å². The molecule has 1 N–H and O–H groups in total. The van der Waals surface area contributed by atoms with Gasteiger partial charge in [-0.3, -0.25) is 14.9 Å². The van der Waals surface area contributed by atoms with Crippen LogP contribution in [-0.2, 0) is 6.54 Å². The van der Waals surface area contributed by atoms with Crippen LogP contribution in [0.4, 0.5) is 5.69 Å². The van der Waals surface area contributed by atoms with Crippen molar-refractivity contribution < 1.29 is 19.2 Å². The Morgan fingerprint density at radius 1 is 1.10 bits per heavy atom. The molecule has 1 heterocycles. The predicted molar refractivity (Wildman–Crippen MR) is 106 cm³/mol. The Labute approximate surface area is 167 Å². The Kier molecular flexibility index (Phi) is 6.36. The van der Waals surface area contributed by atoms with Crippen LogP contribution in [-0.4, -0.2) is 22.4 Å². The van der Waals surface area contributed by atoms with Crippen molar-refractivity contribution in [2.75, 3.05) is 6.61 Å². The second-order valence-electron chi connectivity index (χ2n) is 5.98. The van der Waals surface area contributed by atoms with Crippen LogP contribution in [0.15, 0.2) is 66.9 Å². The second kappa shape index (κ2) is 9.32. The second-order valence-corrected chi connectivity index (χ2v) is 5.98. The molecule has 1 aromatic heterocycles. The molecule has 8 heteroatoms. The van der Waals surface area contributed by atoms with Gasteiger partial charge in [0.15, 0.2) is 11.5 Å². The highest BCUT2D eigenvalue weighted by molar-refractivity contribution is 5.94. The van der Waals surface area contributed by atoms with Crippen molar-refractivity contribution in [1.29, 1.82) is 0 Å². The Bertz CT molecular complexity index is 1010. The van der Waals surface area contributed by atoms with Gasteiger partial charge in [0.05, 0.1) is 11.5 Å². The van der Waals surface area contributed by atoms with Gasteiger partial charge in [-0.1, -0.05) is 24.3 Å². The SMILES string of the molecule is CCOc1ccccc1Oc1ccc(CNC(=O)c2cccc([N+](=O)[O-])c2)cn1. The normalized spacial score (nSPS) is 10.2. The number of nitrogens with zero attached hydrogens (tertiary/aromatic N) is 2. The zero-order valence-corrected chi connectivity index (χ0v) is 15.7. The standard InChI is InChI=1S/C21H19N3O5/c1-2-28-18-8-3-4-9-19(18)29-20-11-10-15(13-22-20)14-23-21(25)16-6-5-7-17(12-16)24(26)27/h3-13H,2,14H2,1H3,(H,23,25). The highest BCUT2D eigenvalue weighted by atomic mass is 16.6. The number of rotatable bonds is 8. The lowest BCUT2D eigenvalue weighted by atomic mass is 10.2. The molecule has 2 aromatic carbocycles. The lowest BCUT2D eigenvalue weighted by Gasteiger charge is -2.11. The van der Waals surface area contributed by atoms with E-state index < -0.39 is 10.8 Å². The van der Waals surface area contributed by atoms with E-state index in [1.165, 1.54) is 24.3 Å². The van der Waals surface area contributed by atoms with Crippen molar-refractivity contribution >= 4 is 11.6 Å². The number of aromatic nitrogens is 1. The first kappa shape index (κ1) is 19.8. The molecule has 3 rings (SSSR count). The van der Waals surface area contributed by atoms with E-state index >= 15 is 0 Å². The summed E-state index contributed by atoms with van der Waals surface area (Å²) in [5.74, 6) is 1.18. The van der Waals surface area contributed by atoms with E-state index in [1.54, 1.807) is 24.4 Å². The molecule has 0 radical (unpaired) electrons. The van der Waals surface area contributed by atoms with Crippen molar-refractivity contribution in [1.82, 2.24) is 10.3 Å². The first-order chi connectivity index (χ1) is 14.1. The van der Waals surface area contributed by atoms with Crippen molar-refractivity contribution in [3.63, 3.8) is 0 Å². The van der Waals surface area contributed by atoms with Gasteiger partial charge < -0.3 is 14.8 Å². The minimum Gasteiger partial charge on any atom is -0.490 e. The largest absolute Gasteiger partial charge is 0.490 e. The predicted octanol–water partition coefficient (Wildman–Crippen LogP) is 4.11. The van der Waals surface area contributed by atoms with E-state index in [0.29, 0.717) is 24.0 Å². The van der Waals surface area contributed by atoms with Gasteiger partial charge in [-0.2, -0.15) is 0 Å². The number of amides is 1. The topological polar surface area (TPSA) is 104 Å². The lowest BCUT2D eigenvalue weighted by Crippen LogP contribution is -2.22. The summed E-state index contributed by atoms with van der Waals surface area (Å²) < 4.78 is 11.3. The molecular formula is C21H19N3O5. The number of hydrogen-bond acceptors (Lipinski definition) is 6. The molecule has 0 spiro atoms. The minimum absolute atomic E-state index is 0.131. The van der Waals surface area contributed by atoms with Gasteiger partial charge in [-0.15, -0.1) is 0 Å². The number of nitro groups is 1. The van der Waals surface area contributed by atoms with E-state index in [0.717, 1.165) is 5.56 Å². The van der Waals surface area contributed by atoms with Crippen molar-refractivity contribution in [3.05, 3.63) is 88.1 Å². The molecule has 0 aliphatic carbocycles. The highest BCUT2D eigenvalue weighted by Crippen LogP contribution is 2.30. The average Bonchev–Trinajstić information content (AvgIpc) is 2.74. The van der Waals surface area contributed by atoms with Crippen LogP contribution < -0.4 is 14.8 Å². The van der Waals surface area contributed by atoms with Gasteiger partial charge in [0.1, 0.15) is 0 Å². The third-order valence-electron chi connectivity index (χ3n) is 3.93. The maximum atomic E-state index is 12.2.